The van der Waals surface area contributed by atoms with E-state index in [9.17, 15) is 4.39 Å². The van der Waals surface area contributed by atoms with Crippen molar-refractivity contribution in [2.75, 3.05) is 7.11 Å². The Bertz CT molecular complexity index is 534. The summed E-state index contributed by atoms with van der Waals surface area (Å²) in [7, 11) is 1.52. The topological polar surface area (TPSA) is 31.4 Å². The van der Waals surface area contributed by atoms with E-state index >= 15 is 0 Å². The number of ether oxygens (including phenoxy) is 2. The van der Waals surface area contributed by atoms with E-state index in [1.165, 1.54) is 19.2 Å². The second-order valence-electron chi connectivity index (χ2n) is 3.19. The summed E-state index contributed by atoms with van der Waals surface area (Å²) in [5.41, 5.74) is 0. The lowest BCUT2D eigenvalue weighted by atomic mass is 10.3. The summed E-state index contributed by atoms with van der Waals surface area (Å²) >= 11 is 3.27. The van der Waals surface area contributed by atoms with Gasteiger partial charge in [-0.15, -0.1) is 0 Å². The minimum atomic E-state index is -0.377. The number of benzene rings is 1. The normalized spacial score (nSPS) is 10.1. The fraction of sp³-hybridized carbons (Fsp3) is 0.0833. The average molecular weight is 298 g/mol. The van der Waals surface area contributed by atoms with Gasteiger partial charge < -0.3 is 9.47 Å². The second kappa shape index (κ2) is 5.14. The molecule has 17 heavy (non-hydrogen) atoms. The van der Waals surface area contributed by atoms with Crippen molar-refractivity contribution in [1.82, 2.24) is 4.98 Å². The van der Waals surface area contributed by atoms with Crippen LogP contribution in [0.25, 0.3) is 0 Å². The maximum atomic E-state index is 13.1. The van der Waals surface area contributed by atoms with Gasteiger partial charge in [0.05, 0.1) is 11.6 Å². The Morgan fingerprint density at radius 3 is 2.82 bits per heavy atom. The zero-order chi connectivity index (χ0) is 12.3. The SMILES string of the molecule is COc1cccnc1Oc1cc(F)ccc1Br. The van der Waals surface area contributed by atoms with E-state index < -0.39 is 0 Å². The molecule has 0 aliphatic rings. The van der Waals surface area contributed by atoms with Gasteiger partial charge in [0.1, 0.15) is 11.6 Å². The molecule has 0 unspecified atom stereocenters. The first-order valence-electron chi connectivity index (χ1n) is 4.82. The lowest BCUT2D eigenvalue weighted by molar-refractivity contribution is 0.368. The van der Waals surface area contributed by atoms with Crippen molar-refractivity contribution in [3.8, 4) is 17.4 Å². The summed E-state index contributed by atoms with van der Waals surface area (Å²) in [6, 6.07) is 7.63. The molecule has 0 fully saturated rings. The van der Waals surface area contributed by atoms with Crippen LogP contribution < -0.4 is 9.47 Å². The van der Waals surface area contributed by atoms with Gasteiger partial charge in [0, 0.05) is 12.3 Å². The largest absolute Gasteiger partial charge is 0.491 e. The monoisotopic (exact) mass is 297 g/mol. The highest BCUT2D eigenvalue weighted by molar-refractivity contribution is 9.10. The van der Waals surface area contributed by atoms with E-state index in [0.717, 1.165) is 0 Å². The predicted octanol–water partition coefficient (Wildman–Crippen LogP) is 3.78. The van der Waals surface area contributed by atoms with Crippen LogP contribution in [0.2, 0.25) is 0 Å². The summed E-state index contributed by atoms with van der Waals surface area (Å²) < 4.78 is 24.3. The molecule has 1 aromatic carbocycles. The van der Waals surface area contributed by atoms with Crippen molar-refractivity contribution in [1.29, 1.82) is 0 Å². The summed E-state index contributed by atoms with van der Waals surface area (Å²) in [5, 5.41) is 0. The lowest BCUT2D eigenvalue weighted by Gasteiger charge is -2.09. The smallest absolute Gasteiger partial charge is 0.262 e. The third-order valence-electron chi connectivity index (χ3n) is 2.06. The number of methoxy groups -OCH3 is 1. The van der Waals surface area contributed by atoms with E-state index in [1.54, 1.807) is 24.4 Å². The molecule has 0 atom stereocenters. The Balaban J connectivity index is 2.34. The molecule has 0 spiro atoms. The predicted molar refractivity (Wildman–Crippen MR) is 65.0 cm³/mol. The molecule has 1 aromatic heterocycles. The Morgan fingerprint density at radius 2 is 2.06 bits per heavy atom. The molecule has 0 radical (unpaired) electrons. The second-order valence-corrected chi connectivity index (χ2v) is 4.04. The van der Waals surface area contributed by atoms with Crippen molar-refractivity contribution < 1.29 is 13.9 Å². The molecule has 2 rings (SSSR count). The first-order chi connectivity index (χ1) is 8.20. The molecule has 0 aliphatic carbocycles. The molecule has 2 aromatic rings. The summed E-state index contributed by atoms with van der Waals surface area (Å²) in [4.78, 5) is 4.03. The van der Waals surface area contributed by atoms with Crippen molar-refractivity contribution >= 4 is 15.9 Å². The van der Waals surface area contributed by atoms with Crippen LogP contribution >= 0.6 is 15.9 Å². The molecule has 1 heterocycles. The van der Waals surface area contributed by atoms with Crippen molar-refractivity contribution in [2.45, 2.75) is 0 Å². The maximum Gasteiger partial charge on any atom is 0.262 e. The highest BCUT2D eigenvalue weighted by atomic mass is 79.9. The summed E-state index contributed by atoms with van der Waals surface area (Å²) in [5.74, 6) is 0.755. The van der Waals surface area contributed by atoms with Crippen LogP contribution in [0.3, 0.4) is 0 Å². The van der Waals surface area contributed by atoms with Crippen LogP contribution in [-0.2, 0) is 0 Å². The first kappa shape index (κ1) is 11.9. The minimum Gasteiger partial charge on any atom is -0.491 e. The average Bonchev–Trinajstić information content (AvgIpc) is 2.34. The molecular formula is C12H9BrFNO2. The van der Waals surface area contributed by atoms with Crippen molar-refractivity contribution in [2.24, 2.45) is 0 Å². The van der Waals surface area contributed by atoms with E-state index in [1.807, 2.05) is 0 Å². The van der Waals surface area contributed by atoms with E-state index in [4.69, 9.17) is 9.47 Å². The third kappa shape index (κ3) is 2.74. The number of hydrogen-bond donors (Lipinski definition) is 0. The minimum absolute atomic E-state index is 0.293. The van der Waals surface area contributed by atoms with Gasteiger partial charge in [-0.1, -0.05) is 0 Å². The van der Waals surface area contributed by atoms with Crippen LogP contribution in [0.4, 0.5) is 4.39 Å². The van der Waals surface area contributed by atoms with Crippen molar-refractivity contribution in [3.05, 3.63) is 46.8 Å². The molecule has 0 amide bonds. The fourth-order valence-electron chi connectivity index (χ4n) is 1.27. The van der Waals surface area contributed by atoms with Gasteiger partial charge in [0.15, 0.2) is 5.75 Å². The Kier molecular flexibility index (Phi) is 3.58. The fourth-order valence-corrected chi connectivity index (χ4v) is 1.60. The third-order valence-corrected chi connectivity index (χ3v) is 2.71. The Hall–Kier alpha value is -1.62. The molecule has 3 nitrogen and oxygen atoms in total. The van der Waals surface area contributed by atoms with Gasteiger partial charge in [-0.2, -0.15) is 0 Å². The van der Waals surface area contributed by atoms with Gasteiger partial charge in [0.25, 0.3) is 5.88 Å². The van der Waals surface area contributed by atoms with Crippen LogP contribution in [0.15, 0.2) is 41.0 Å². The highest BCUT2D eigenvalue weighted by Gasteiger charge is 2.09. The quantitative estimate of drug-likeness (QED) is 0.864. The standard InChI is InChI=1S/C12H9BrFNO2/c1-16-10-3-2-6-15-12(10)17-11-7-8(14)4-5-9(11)13/h2-7H,1H3. The molecular weight excluding hydrogens is 289 g/mol. The summed E-state index contributed by atoms with van der Waals surface area (Å²) in [6.45, 7) is 0. The Morgan fingerprint density at radius 1 is 1.24 bits per heavy atom. The van der Waals surface area contributed by atoms with Gasteiger partial charge >= 0.3 is 0 Å². The van der Waals surface area contributed by atoms with Crippen LogP contribution in [0.1, 0.15) is 0 Å². The number of rotatable bonds is 3. The maximum absolute atomic E-state index is 13.1. The zero-order valence-electron chi connectivity index (χ0n) is 8.98. The summed E-state index contributed by atoms with van der Waals surface area (Å²) in [6.07, 6.45) is 1.57. The number of aromatic nitrogens is 1. The molecule has 5 heteroatoms. The first-order valence-corrected chi connectivity index (χ1v) is 5.62. The van der Waals surface area contributed by atoms with Gasteiger partial charge in [-0.25, -0.2) is 9.37 Å². The molecule has 0 saturated carbocycles. The molecule has 0 saturated heterocycles. The van der Waals surface area contributed by atoms with E-state index in [0.29, 0.717) is 21.9 Å². The van der Waals surface area contributed by atoms with E-state index in [-0.39, 0.29) is 5.82 Å². The number of halogens is 2. The van der Waals surface area contributed by atoms with Gasteiger partial charge in [-0.3, -0.25) is 0 Å². The Labute approximate surface area is 106 Å². The zero-order valence-corrected chi connectivity index (χ0v) is 10.6. The van der Waals surface area contributed by atoms with Crippen LogP contribution in [-0.4, -0.2) is 12.1 Å². The number of nitrogens with zero attached hydrogens (tertiary/aromatic N) is 1. The molecule has 88 valence electrons. The number of hydrogen-bond acceptors (Lipinski definition) is 3. The lowest BCUT2D eigenvalue weighted by Crippen LogP contribution is -1.93. The number of pyridine rings is 1. The van der Waals surface area contributed by atoms with Crippen molar-refractivity contribution in [3.63, 3.8) is 0 Å². The highest BCUT2D eigenvalue weighted by Crippen LogP contribution is 2.33. The molecule has 0 N–H and O–H groups in total. The molecule has 0 aliphatic heterocycles. The van der Waals surface area contributed by atoms with Gasteiger partial charge in [0.2, 0.25) is 0 Å². The van der Waals surface area contributed by atoms with Gasteiger partial charge in [-0.05, 0) is 40.2 Å². The molecule has 0 bridgehead atoms. The van der Waals surface area contributed by atoms with E-state index in [2.05, 4.69) is 20.9 Å². The van der Waals surface area contributed by atoms with Crippen LogP contribution in [0.5, 0.6) is 17.4 Å². The van der Waals surface area contributed by atoms with Crippen LogP contribution in [0, 0.1) is 5.82 Å².